The topological polar surface area (TPSA) is 31.4 Å². The van der Waals surface area contributed by atoms with Crippen LogP contribution < -0.4 is 13.9 Å². The number of fused-ring (bicyclic) bond motifs is 7. The number of rotatable bonds is 6. The summed E-state index contributed by atoms with van der Waals surface area (Å²) in [5.41, 5.74) is 11.7. The Labute approximate surface area is 334 Å². The molecule has 2 aliphatic rings. The molecule has 0 saturated carbocycles. The number of pyridine rings is 1. The van der Waals surface area contributed by atoms with Crippen LogP contribution in [-0.4, -0.2) is 9.55 Å². The van der Waals surface area contributed by atoms with Gasteiger partial charge in [-0.2, -0.15) is 9.18 Å². The molecule has 0 spiro atoms. The quantitative estimate of drug-likeness (QED) is 0.0965. The number of hydrogen-bond donors (Lipinski definition) is 0. The van der Waals surface area contributed by atoms with E-state index in [0.717, 1.165) is 56.2 Å². The van der Waals surface area contributed by atoms with Crippen LogP contribution in [0.2, 0.25) is 0 Å². The van der Waals surface area contributed by atoms with Crippen LogP contribution in [0.3, 0.4) is 0 Å². The highest BCUT2D eigenvalue weighted by atomic mass is 16.5. The van der Waals surface area contributed by atoms with Gasteiger partial charge in [-0.15, -0.1) is 0 Å². The van der Waals surface area contributed by atoms with Gasteiger partial charge >= 0.3 is 0 Å². The van der Waals surface area contributed by atoms with Gasteiger partial charge in [0.25, 0.3) is 0 Å². The largest absolute Gasteiger partial charge is 0.457 e. The minimum absolute atomic E-state index is 0.0143. The lowest BCUT2D eigenvalue weighted by Crippen LogP contribution is -2.46. The van der Waals surface area contributed by atoms with Crippen molar-refractivity contribution in [2.45, 2.75) is 52.4 Å². The van der Waals surface area contributed by atoms with Crippen molar-refractivity contribution in [3.63, 3.8) is 0 Å². The molecular weight excluding hydrogens is 699 g/mol. The fourth-order valence-corrected chi connectivity index (χ4v) is 8.82. The van der Waals surface area contributed by atoms with Gasteiger partial charge < -0.3 is 4.74 Å². The van der Waals surface area contributed by atoms with E-state index in [-0.39, 0.29) is 10.8 Å². The van der Waals surface area contributed by atoms with E-state index in [2.05, 4.69) is 185 Å². The molecule has 0 bridgehead atoms. The number of hydrogen-bond acceptors (Lipinski definition) is 2. The Kier molecular flexibility index (Phi) is 7.50. The number of benzene rings is 6. The first-order valence-electron chi connectivity index (χ1n) is 19.6. The van der Waals surface area contributed by atoms with Gasteiger partial charge in [-0.1, -0.05) is 108 Å². The fraction of sp³-hybridized carbons (Fsp3) is 0.157. The first-order chi connectivity index (χ1) is 27.4. The van der Waals surface area contributed by atoms with E-state index < -0.39 is 0 Å². The Balaban J connectivity index is 1.09. The van der Waals surface area contributed by atoms with Gasteiger partial charge in [-0.05, 0) is 69.5 Å². The summed E-state index contributed by atoms with van der Waals surface area (Å²) < 4.78 is 10.2. The normalized spacial score (nSPS) is 18.4. The Bertz CT molecular complexity index is 2960. The van der Waals surface area contributed by atoms with E-state index in [1.165, 1.54) is 27.9 Å². The van der Waals surface area contributed by atoms with Crippen molar-refractivity contribution in [1.82, 2.24) is 18.7 Å². The summed E-state index contributed by atoms with van der Waals surface area (Å²) in [6.07, 6.45) is 1.92. The van der Waals surface area contributed by atoms with Crippen LogP contribution in [0.4, 0.5) is 28.4 Å². The lowest BCUT2D eigenvalue weighted by Gasteiger charge is -2.40. The van der Waals surface area contributed by atoms with E-state index >= 15 is 0 Å². The SMILES string of the molecule is [C-]#[N+]c1cc([N@+]23[CH-][N+]2(c2cc(Oc4ccc5c6ccccc6n(-c6cc(C(C)(C)C)ccn6)c5c4)cc(C(C)(C)C)c2)c2ccccc23)ccc1-c1ccccc1. The van der Waals surface area contributed by atoms with Gasteiger partial charge in [-0.3, -0.25) is 4.57 Å². The molecule has 278 valence electrons. The lowest BCUT2D eigenvalue weighted by molar-refractivity contribution is 0.422. The molecule has 4 heterocycles. The van der Waals surface area contributed by atoms with Crippen molar-refractivity contribution in [3.05, 3.63) is 181 Å². The van der Waals surface area contributed by atoms with Crippen LogP contribution in [-0.2, 0) is 10.8 Å². The zero-order chi connectivity index (χ0) is 39.3. The second-order valence-corrected chi connectivity index (χ2v) is 17.4. The maximum Gasteiger partial charge on any atom is 0.225 e. The first-order valence-corrected chi connectivity index (χ1v) is 19.6. The zero-order valence-electron chi connectivity index (χ0n) is 33.2. The Morgan fingerprint density at radius 1 is 0.596 bits per heavy atom. The summed E-state index contributed by atoms with van der Waals surface area (Å²) in [5.74, 6) is 2.43. The van der Waals surface area contributed by atoms with Crippen LogP contribution >= 0.6 is 0 Å². The van der Waals surface area contributed by atoms with Crippen molar-refractivity contribution in [2.24, 2.45) is 0 Å². The number of quaternary nitrogens is 2. The van der Waals surface area contributed by atoms with Crippen LogP contribution in [0.1, 0.15) is 52.7 Å². The van der Waals surface area contributed by atoms with Crippen molar-refractivity contribution in [3.8, 4) is 28.4 Å². The molecule has 0 aliphatic carbocycles. The molecule has 1 fully saturated rings. The number of nitrogens with zero attached hydrogens (tertiary/aromatic N) is 5. The average molecular weight is 743 g/mol. The van der Waals surface area contributed by atoms with Gasteiger partial charge in [0.1, 0.15) is 17.3 Å². The molecule has 57 heavy (non-hydrogen) atoms. The smallest absolute Gasteiger partial charge is 0.225 e. The molecule has 6 heteroatoms. The average Bonchev–Trinajstić information content (AvgIpc) is 3.71. The molecule has 6 aromatic carbocycles. The minimum atomic E-state index is -0.142. The Morgan fingerprint density at radius 3 is 2.02 bits per heavy atom. The monoisotopic (exact) mass is 742 g/mol. The third kappa shape index (κ3) is 5.20. The molecule has 2 atom stereocenters. The highest BCUT2D eigenvalue weighted by Crippen LogP contribution is 2.75. The molecular formula is C51H44N5O+. The molecule has 10 rings (SSSR count). The summed E-state index contributed by atoms with van der Waals surface area (Å²) in [6.45, 7) is 24.0. The van der Waals surface area contributed by atoms with E-state index in [4.69, 9.17) is 16.3 Å². The maximum atomic E-state index is 8.17. The summed E-state index contributed by atoms with van der Waals surface area (Å²) in [5, 5.41) is 2.33. The molecule has 0 N–H and O–H groups in total. The molecule has 0 radical (unpaired) electrons. The van der Waals surface area contributed by atoms with Gasteiger partial charge in [-0.25, -0.2) is 9.83 Å². The third-order valence-corrected chi connectivity index (χ3v) is 11.8. The second kappa shape index (κ2) is 12.2. The summed E-state index contributed by atoms with van der Waals surface area (Å²) in [7, 11) is 0. The van der Waals surface area contributed by atoms with Crippen molar-refractivity contribution >= 4 is 50.2 Å². The van der Waals surface area contributed by atoms with E-state index in [9.17, 15) is 0 Å². The minimum Gasteiger partial charge on any atom is -0.457 e. The van der Waals surface area contributed by atoms with Crippen LogP contribution in [0, 0.1) is 13.2 Å². The molecule has 6 nitrogen and oxygen atoms in total. The maximum absolute atomic E-state index is 8.17. The molecule has 1 saturated heterocycles. The van der Waals surface area contributed by atoms with Gasteiger partial charge in [0.15, 0.2) is 18.0 Å². The van der Waals surface area contributed by atoms with E-state index in [1.54, 1.807) is 0 Å². The van der Waals surface area contributed by atoms with E-state index in [1.807, 2.05) is 24.4 Å². The highest BCUT2D eigenvalue weighted by molar-refractivity contribution is 6.09. The first kappa shape index (κ1) is 34.9. The van der Waals surface area contributed by atoms with Crippen LogP contribution in [0.25, 0.3) is 43.6 Å². The standard InChI is InChI=1S/C51H44N5O/c1-50(2,3)35-25-26-53-49(29-35)54-45-18-12-11-17-42(45)43-24-22-39(32-46(43)54)57-40-28-36(51(4,5)6)27-38(30-40)56-33-55(56,47-19-13-14-20-48(47)56)37-21-23-41(44(31-37)52-7)34-15-9-8-10-16-34/h8-33H,1-6H3/q+1/t55-,56?/m0/s1. The number of ether oxygens (including phenoxy) is 1. The van der Waals surface area contributed by atoms with Gasteiger partial charge in [0, 0.05) is 59.4 Å². The number of aromatic nitrogens is 2. The fourth-order valence-electron chi connectivity index (χ4n) is 8.82. The van der Waals surface area contributed by atoms with Crippen molar-refractivity contribution < 1.29 is 4.74 Å². The predicted molar refractivity (Wildman–Crippen MR) is 234 cm³/mol. The second-order valence-electron chi connectivity index (χ2n) is 17.4. The Morgan fingerprint density at radius 2 is 1.28 bits per heavy atom. The Hall–Kier alpha value is -6.52. The summed E-state index contributed by atoms with van der Waals surface area (Å²) >= 11 is 0. The molecule has 1 unspecified atom stereocenters. The lowest BCUT2D eigenvalue weighted by atomic mass is 9.86. The molecule has 8 aromatic rings. The zero-order valence-corrected chi connectivity index (χ0v) is 33.2. The molecule has 0 amide bonds. The third-order valence-electron chi connectivity index (χ3n) is 11.8. The molecule has 2 aromatic heterocycles. The van der Waals surface area contributed by atoms with Crippen molar-refractivity contribution in [1.29, 1.82) is 0 Å². The van der Waals surface area contributed by atoms with E-state index in [0.29, 0.717) is 14.9 Å². The number of para-hydroxylation sites is 3. The predicted octanol–water partition coefficient (Wildman–Crippen LogP) is 14.1. The van der Waals surface area contributed by atoms with Gasteiger partial charge in [0.05, 0.1) is 17.6 Å². The summed E-state index contributed by atoms with van der Waals surface area (Å²) in [4.78, 5) is 8.91. The van der Waals surface area contributed by atoms with Crippen LogP contribution in [0.15, 0.2) is 152 Å². The summed E-state index contributed by atoms with van der Waals surface area (Å²) in [6, 6.07) is 51.2. The van der Waals surface area contributed by atoms with Gasteiger partial charge in [0.2, 0.25) is 17.1 Å². The van der Waals surface area contributed by atoms with Crippen LogP contribution in [0.5, 0.6) is 11.5 Å². The van der Waals surface area contributed by atoms with Crippen molar-refractivity contribution in [2.75, 3.05) is 0 Å². The molecule has 2 aliphatic heterocycles. The highest BCUT2D eigenvalue weighted by Gasteiger charge is 2.77.